The van der Waals surface area contributed by atoms with E-state index in [0.717, 1.165) is 17.7 Å². The van der Waals surface area contributed by atoms with Gasteiger partial charge in [0.15, 0.2) is 0 Å². The van der Waals surface area contributed by atoms with Gasteiger partial charge in [0.2, 0.25) is 0 Å². The molecule has 150 valence electrons. The van der Waals surface area contributed by atoms with Crippen molar-refractivity contribution in [3.63, 3.8) is 0 Å². The van der Waals surface area contributed by atoms with Gasteiger partial charge in [0.05, 0.1) is 17.2 Å². The lowest BCUT2D eigenvalue weighted by Gasteiger charge is -2.11. The molecule has 3 aromatic rings. The summed E-state index contributed by atoms with van der Waals surface area (Å²) >= 11 is 0. The van der Waals surface area contributed by atoms with Crippen LogP contribution in [0.1, 0.15) is 17.3 Å². The minimum absolute atomic E-state index is 0.0265. The zero-order chi connectivity index (χ0) is 21.0. The summed E-state index contributed by atoms with van der Waals surface area (Å²) < 4.78 is 33.3. The first-order valence-electron chi connectivity index (χ1n) is 8.72. The summed E-state index contributed by atoms with van der Waals surface area (Å²) in [7, 11) is -3.95. The first-order chi connectivity index (χ1) is 13.8. The summed E-state index contributed by atoms with van der Waals surface area (Å²) in [5, 5.41) is 18.7. The van der Waals surface area contributed by atoms with Gasteiger partial charge in [-0.1, -0.05) is 24.3 Å². The molecule has 0 aromatic heterocycles. The number of carboxylic acid groups (broad SMARTS) is 1. The Kier molecular flexibility index (Phi) is 5.74. The molecule has 3 N–H and O–H groups in total. The Balaban J connectivity index is 1.90. The number of ether oxygens (including phenoxy) is 1. The third kappa shape index (κ3) is 4.67. The molecule has 0 spiro atoms. The fourth-order valence-corrected chi connectivity index (χ4v) is 3.86. The van der Waals surface area contributed by atoms with Crippen LogP contribution in [0.3, 0.4) is 0 Å². The second-order valence-electron chi connectivity index (χ2n) is 6.13. The molecule has 3 rings (SSSR count). The van der Waals surface area contributed by atoms with Crippen molar-refractivity contribution in [3.8, 4) is 22.6 Å². The molecule has 0 aliphatic carbocycles. The maximum Gasteiger partial charge on any atom is 0.339 e. The van der Waals surface area contributed by atoms with Crippen molar-refractivity contribution in [3.05, 3.63) is 72.3 Å². The van der Waals surface area contributed by atoms with Crippen LogP contribution in [0.4, 0.5) is 5.69 Å². The fraction of sp³-hybridized carbons (Fsp3) is 0.0952. The van der Waals surface area contributed by atoms with E-state index in [1.165, 1.54) is 18.2 Å². The van der Waals surface area contributed by atoms with Gasteiger partial charge in [-0.2, -0.15) is 0 Å². The van der Waals surface area contributed by atoms with Crippen molar-refractivity contribution < 1.29 is 28.2 Å². The number of rotatable bonds is 7. The molecule has 0 fully saturated rings. The van der Waals surface area contributed by atoms with Crippen LogP contribution in [-0.4, -0.2) is 31.2 Å². The van der Waals surface area contributed by atoms with Gasteiger partial charge in [0.1, 0.15) is 17.1 Å². The van der Waals surface area contributed by atoms with E-state index in [4.69, 9.17) is 9.84 Å². The summed E-state index contributed by atoms with van der Waals surface area (Å²) in [6, 6.07) is 17.2. The SMILES string of the molecule is CCOc1cccc(-c2cccc(S(=O)(=O)Nc3ccc(C(=O)O)c(O)c3)c2)c1. The summed E-state index contributed by atoms with van der Waals surface area (Å²) in [5.41, 5.74) is 1.23. The van der Waals surface area contributed by atoms with Crippen molar-refractivity contribution in [1.29, 1.82) is 0 Å². The topological polar surface area (TPSA) is 113 Å². The number of nitrogens with one attached hydrogen (secondary N) is 1. The largest absolute Gasteiger partial charge is 0.507 e. The zero-order valence-electron chi connectivity index (χ0n) is 15.5. The Morgan fingerprint density at radius 2 is 1.69 bits per heavy atom. The van der Waals surface area contributed by atoms with E-state index in [2.05, 4.69) is 4.72 Å². The van der Waals surface area contributed by atoms with Crippen LogP contribution in [0.15, 0.2) is 71.6 Å². The van der Waals surface area contributed by atoms with E-state index < -0.39 is 21.7 Å². The van der Waals surface area contributed by atoms with Gasteiger partial charge in [-0.3, -0.25) is 4.72 Å². The molecule has 0 saturated carbocycles. The second kappa shape index (κ2) is 8.24. The third-order valence-corrected chi connectivity index (χ3v) is 5.48. The van der Waals surface area contributed by atoms with E-state index in [9.17, 15) is 18.3 Å². The number of sulfonamides is 1. The molecule has 0 aliphatic heterocycles. The van der Waals surface area contributed by atoms with Gasteiger partial charge < -0.3 is 14.9 Å². The molecule has 7 nitrogen and oxygen atoms in total. The lowest BCUT2D eigenvalue weighted by Crippen LogP contribution is -2.13. The van der Waals surface area contributed by atoms with Gasteiger partial charge in [-0.05, 0) is 54.4 Å². The molecule has 0 aliphatic rings. The van der Waals surface area contributed by atoms with Crippen molar-refractivity contribution in [2.45, 2.75) is 11.8 Å². The number of hydrogen-bond donors (Lipinski definition) is 3. The minimum atomic E-state index is -3.95. The average Bonchev–Trinajstić information content (AvgIpc) is 2.68. The molecule has 8 heteroatoms. The van der Waals surface area contributed by atoms with Gasteiger partial charge >= 0.3 is 5.97 Å². The molecule has 0 amide bonds. The number of carbonyl (C=O) groups is 1. The van der Waals surface area contributed by atoms with Crippen LogP contribution in [0.25, 0.3) is 11.1 Å². The quantitative estimate of drug-likeness (QED) is 0.540. The summed E-state index contributed by atoms with van der Waals surface area (Å²) in [5.74, 6) is -1.15. The summed E-state index contributed by atoms with van der Waals surface area (Å²) in [4.78, 5) is 11.0. The number of aromatic carboxylic acids is 1. The van der Waals surface area contributed by atoms with Crippen molar-refractivity contribution in [2.75, 3.05) is 11.3 Å². The van der Waals surface area contributed by atoms with Gasteiger partial charge in [0, 0.05) is 6.07 Å². The lowest BCUT2D eigenvalue weighted by atomic mass is 10.1. The highest BCUT2D eigenvalue weighted by molar-refractivity contribution is 7.92. The van der Waals surface area contributed by atoms with E-state index in [-0.39, 0.29) is 16.1 Å². The van der Waals surface area contributed by atoms with E-state index in [1.54, 1.807) is 12.1 Å². The van der Waals surface area contributed by atoms with Crippen molar-refractivity contribution in [1.82, 2.24) is 0 Å². The monoisotopic (exact) mass is 413 g/mol. The fourth-order valence-electron chi connectivity index (χ4n) is 2.76. The third-order valence-electron chi connectivity index (χ3n) is 4.10. The Morgan fingerprint density at radius 1 is 1.00 bits per heavy atom. The second-order valence-corrected chi connectivity index (χ2v) is 7.81. The average molecular weight is 413 g/mol. The van der Waals surface area contributed by atoms with Crippen LogP contribution < -0.4 is 9.46 Å². The summed E-state index contributed by atoms with van der Waals surface area (Å²) in [6.45, 7) is 2.40. The van der Waals surface area contributed by atoms with E-state index >= 15 is 0 Å². The highest BCUT2D eigenvalue weighted by Gasteiger charge is 2.17. The predicted molar refractivity (Wildman–Crippen MR) is 109 cm³/mol. The molecule has 0 unspecified atom stereocenters. The number of phenols is 1. The molecule has 29 heavy (non-hydrogen) atoms. The first-order valence-corrected chi connectivity index (χ1v) is 10.2. The van der Waals surface area contributed by atoms with Gasteiger partial charge in [0.25, 0.3) is 10.0 Å². The highest BCUT2D eigenvalue weighted by atomic mass is 32.2. The minimum Gasteiger partial charge on any atom is -0.507 e. The van der Waals surface area contributed by atoms with E-state index in [0.29, 0.717) is 17.9 Å². The van der Waals surface area contributed by atoms with Crippen molar-refractivity contribution >= 4 is 21.7 Å². The summed E-state index contributed by atoms with van der Waals surface area (Å²) in [6.07, 6.45) is 0. The number of aromatic hydroxyl groups is 1. The lowest BCUT2D eigenvalue weighted by molar-refractivity contribution is 0.0693. The Morgan fingerprint density at radius 3 is 2.34 bits per heavy atom. The van der Waals surface area contributed by atoms with Crippen LogP contribution >= 0.6 is 0 Å². The molecule has 0 heterocycles. The molecule has 0 bridgehead atoms. The first kappa shape index (κ1) is 20.2. The van der Waals surface area contributed by atoms with Crippen LogP contribution in [0, 0.1) is 0 Å². The molecule has 0 radical (unpaired) electrons. The Labute approximate surface area is 168 Å². The highest BCUT2D eigenvalue weighted by Crippen LogP contribution is 2.28. The Hall–Kier alpha value is -3.52. The van der Waals surface area contributed by atoms with Crippen molar-refractivity contribution in [2.24, 2.45) is 0 Å². The van der Waals surface area contributed by atoms with Crippen LogP contribution in [0.2, 0.25) is 0 Å². The number of hydrogen-bond acceptors (Lipinski definition) is 5. The Bertz CT molecular complexity index is 1160. The molecular weight excluding hydrogens is 394 g/mol. The number of anilines is 1. The van der Waals surface area contributed by atoms with Crippen LogP contribution in [0.5, 0.6) is 11.5 Å². The molecule has 3 aromatic carbocycles. The molecule has 0 atom stereocenters. The number of benzene rings is 3. The smallest absolute Gasteiger partial charge is 0.339 e. The molecule has 0 saturated heterocycles. The van der Waals surface area contributed by atoms with Gasteiger partial charge in [-0.25, -0.2) is 13.2 Å². The van der Waals surface area contributed by atoms with Gasteiger partial charge in [-0.15, -0.1) is 0 Å². The van der Waals surface area contributed by atoms with Crippen LogP contribution in [-0.2, 0) is 10.0 Å². The maximum atomic E-state index is 12.8. The maximum absolute atomic E-state index is 12.8. The zero-order valence-corrected chi connectivity index (χ0v) is 16.3. The molecular formula is C21H19NO6S. The predicted octanol–water partition coefficient (Wildman–Crippen LogP) is 3.96. The normalized spacial score (nSPS) is 11.1. The van der Waals surface area contributed by atoms with E-state index in [1.807, 2.05) is 31.2 Å². The number of carboxylic acids is 1. The standard InChI is InChI=1S/C21H19NO6S/c1-2-28-17-7-3-5-14(11-17)15-6-4-8-18(12-15)29(26,27)22-16-9-10-19(21(24)25)20(23)13-16/h3-13,22-23H,2H2,1H3,(H,24,25).